The molecule has 160 valence electrons. The van der Waals surface area contributed by atoms with E-state index in [1.807, 2.05) is 0 Å². The first-order valence-corrected chi connectivity index (χ1v) is 9.38. The van der Waals surface area contributed by atoms with Crippen molar-refractivity contribution in [2.75, 3.05) is 18.2 Å². The summed E-state index contributed by atoms with van der Waals surface area (Å²) < 4.78 is 10.1. The summed E-state index contributed by atoms with van der Waals surface area (Å²) in [6, 6.07) is 10.7. The van der Waals surface area contributed by atoms with Crippen LogP contribution in [0.25, 0.3) is 6.08 Å². The predicted molar refractivity (Wildman–Crippen MR) is 110 cm³/mol. The van der Waals surface area contributed by atoms with Crippen LogP contribution in [0.3, 0.4) is 0 Å². The van der Waals surface area contributed by atoms with Crippen molar-refractivity contribution in [3.05, 3.63) is 68.7 Å². The van der Waals surface area contributed by atoms with Gasteiger partial charge in [-0.25, -0.2) is 9.80 Å². The maximum atomic E-state index is 12.8. The van der Waals surface area contributed by atoms with E-state index in [-0.39, 0.29) is 28.5 Å². The molecule has 1 aliphatic heterocycles. The van der Waals surface area contributed by atoms with Gasteiger partial charge in [0, 0.05) is 16.7 Å². The number of benzene rings is 2. The molecule has 1 heterocycles. The number of ether oxygens (including phenoxy) is 2. The molecular weight excluding hydrogens is 430 g/mol. The lowest BCUT2D eigenvalue weighted by Gasteiger charge is -2.14. The van der Waals surface area contributed by atoms with Crippen molar-refractivity contribution in [1.29, 1.82) is 0 Å². The highest BCUT2D eigenvalue weighted by atomic mass is 35.5. The number of esters is 1. The Kier molecular flexibility index (Phi) is 6.51. The largest absolute Gasteiger partial charge is 0.474 e. The van der Waals surface area contributed by atoms with Gasteiger partial charge in [-0.1, -0.05) is 29.8 Å². The van der Waals surface area contributed by atoms with Crippen LogP contribution in [0.2, 0.25) is 5.02 Å². The summed E-state index contributed by atoms with van der Waals surface area (Å²) in [5.74, 6) is -2.45. The van der Waals surface area contributed by atoms with Crippen molar-refractivity contribution in [1.82, 2.24) is 5.43 Å². The Morgan fingerprint density at radius 2 is 1.97 bits per heavy atom. The Balaban J connectivity index is 2.02. The number of carbonyl (C=O) groups excluding carboxylic acids is 3. The number of nitro benzene ring substituents is 1. The minimum Gasteiger partial charge on any atom is -0.474 e. The molecule has 0 atom stereocenters. The van der Waals surface area contributed by atoms with Gasteiger partial charge < -0.3 is 9.47 Å². The molecule has 2 amide bonds. The van der Waals surface area contributed by atoms with E-state index in [1.165, 1.54) is 6.07 Å². The van der Waals surface area contributed by atoms with Crippen molar-refractivity contribution >= 4 is 46.8 Å². The molecule has 1 fully saturated rings. The van der Waals surface area contributed by atoms with E-state index in [9.17, 15) is 24.5 Å². The molecule has 0 aliphatic carbocycles. The fourth-order valence-electron chi connectivity index (χ4n) is 2.81. The second-order valence-corrected chi connectivity index (χ2v) is 6.61. The highest BCUT2D eigenvalue weighted by Crippen LogP contribution is 2.36. The van der Waals surface area contributed by atoms with Gasteiger partial charge >= 0.3 is 11.7 Å². The minimum absolute atomic E-state index is 0.0167. The molecule has 31 heavy (non-hydrogen) atoms. The summed E-state index contributed by atoms with van der Waals surface area (Å²) in [5.41, 5.74) is 2.01. The van der Waals surface area contributed by atoms with Gasteiger partial charge in [-0.15, -0.1) is 0 Å². The molecule has 0 spiro atoms. The zero-order valence-electron chi connectivity index (χ0n) is 16.2. The summed E-state index contributed by atoms with van der Waals surface area (Å²) >= 11 is 5.98. The summed E-state index contributed by atoms with van der Waals surface area (Å²) in [6.07, 6.45) is 1.12. The van der Waals surface area contributed by atoms with E-state index in [1.54, 1.807) is 37.3 Å². The van der Waals surface area contributed by atoms with Gasteiger partial charge in [-0.3, -0.25) is 25.1 Å². The summed E-state index contributed by atoms with van der Waals surface area (Å²) in [4.78, 5) is 47.6. The number of anilines is 1. The Labute approximate surface area is 181 Å². The molecule has 2 aromatic carbocycles. The fourth-order valence-corrected chi connectivity index (χ4v) is 3.03. The molecule has 3 rings (SSSR count). The van der Waals surface area contributed by atoms with E-state index in [0.717, 1.165) is 17.2 Å². The van der Waals surface area contributed by atoms with Crippen molar-refractivity contribution in [3.8, 4) is 5.75 Å². The van der Waals surface area contributed by atoms with Gasteiger partial charge in [0.2, 0.25) is 5.75 Å². The number of para-hydroxylation sites is 1. The van der Waals surface area contributed by atoms with E-state index >= 15 is 0 Å². The highest BCUT2D eigenvalue weighted by Gasteiger charge is 2.35. The standard InChI is InChI=1S/C20H16ClN3O7/c1-2-30-17(25)11-31-18-12(8-13(21)10-16(18)24(28)29)9-15-19(26)22-23(20(15)27)14-6-4-3-5-7-14/h3-10H,2,11H2,1H3,(H,22,26)/b15-9-. The van der Waals surface area contributed by atoms with E-state index < -0.39 is 35.0 Å². The molecule has 0 bridgehead atoms. The van der Waals surface area contributed by atoms with E-state index in [0.29, 0.717) is 5.69 Å². The first kappa shape index (κ1) is 21.8. The number of carbonyl (C=O) groups is 3. The van der Waals surface area contributed by atoms with E-state index in [2.05, 4.69) is 5.43 Å². The second-order valence-electron chi connectivity index (χ2n) is 6.17. The minimum atomic E-state index is -0.749. The Bertz CT molecular complexity index is 1090. The monoisotopic (exact) mass is 445 g/mol. The molecule has 0 unspecified atom stereocenters. The topological polar surface area (TPSA) is 128 Å². The molecule has 11 heteroatoms. The molecule has 1 saturated heterocycles. The van der Waals surface area contributed by atoms with Crippen LogP contribution in [0, 0.1) is 10.1 Å². The van der Waals surface area contributed by atoms with Gasteiger partial charge in [0.1, 0.15) is 5.57 Å². The maximum Gasteiger partial charge on any atom is 0.344 e. The predicted octanol–water partition coefficient (Wildman–Crippen LogP) is 2.65. The summed E-state index contributed by atoms with van der Waals surface area (Å²) in [7, 11) is 0. The number of hydrogen-bond acceptors (Lipinski definition) is 7. The van der Waals surface area contributed by atoms with Gasteiger partial charge in [-0.2, -0.15) is 0 Å². The summed E-state index contributed by atoms with van der Waals surface area (Å²) in [5, 5.41) is 12.5. The van der Waals surface area contributed by atoms with Gasteiger partial charge in [0.05, 0.1) is 17.2 Å². The molecule has 1 N–H and O–H groups in total. The molecule has 0 saturated carbocycles. The smallest absolute Gasteiger partial charge is 0.344 e. The molecule has 2 aromatic rings. The quantitative estimate of drug-likeness (QED) is 0.228. The maximum absolute atomic E-state index is 12.8. The lowest BCUT2D eigenvalue weighted by atomic mass is 10.1. The van der Waals surface area contributed by atoms with Crippen molar-refractivity contribution < 1.29 is 28.8 Å². The first-order chi connectivity index (χ1) is 14.8. The van der Waals surface area contributed by atoms with Gasteiger partial charge in [0.15, 0.2) is 6.61 Å². The number of nitro groups is 1. The normalized spacial score (nSPS) is 14.5. The van der Waals surface area contributed by atoms with Crippen LogP contribution in [-0.4, -0.2) is 35.9 Å². The molecule has 0 radical (unpaired) electrons. The van der Waals surface area contributed by atoms with Gasteiger partial charge in [0.25, 0.3) is 11.8 Å². The van der Waals surface area contributed by atoms with Crippen LogP contribution < -0.4 is 15.2 Å². The van der Waals surface area contributed by atoms with E-state index in [4.69, 9.17) is 21.1 Å². The van der Waals surface area contributed by atoms with Crippen LogP contribution in [-0.2, 0) is 19.1 Å². The van der Waals surface area contributed by atoms with Crippen LogP contribution in [0.1, 0.15) is 12.5 Å². The second kappa shape index (κ2) is 9.26. The first-order valence-electron chi connectivity index (χ1n) is 9.00. The molecule has 0 aromatic heterocycles. The Hall–Kier alpha value is -3.92. The van der Waals surface area contributed by atoms with Crippen LogP contribution in [0.15, 0.2) is 48.0 Å². The number of amides is 2. The molecule has 1 aliphatic rings. The lowest BCUT2D eigenvalue weighted by Crippen LogP contribution is -2.35. The Morgan fingerprint density at radius 3 is 2.61 bits per heavy atom. The van der Waals surface area contributed by atoms with Crippen molar-refractivity contribution in [3.63, 3.8) is 0 Å². The van der Waals surface area contributed by atoms with Crippen molar-refractivity contribution in [2.45, 2.75) is 6.92 Å². The van der Waals surface area contributed by atoms with Crippen molar-refractivity contribution in [2.24, 2.45) is 0 Å². The summed E-state index contributed by atoms with van der Waals surface area (Å²) in [6.45, 7) is 1.09. The fraction of sp³-hybridized carbons (Fsp3) is 0.150. The molecule has 10 nitrogen and oxygen atoms in total. The zero-order chi connectivity index (χ0) is 22.5. The number of halogens is 1. The third-order valence-electron chi connectivity index (χ3n) is 4.10. The van der Waals surface area contributed by atoms with Gasteiger partial charge in [-0.05, 0) is 31.2 Å². The lowest BCUT2D eigenvalue weighted by molar-refractivity contribution is -0.385. The zero-order valence-corrected chi connectivity index (χ0v) is 16.9. The highest BCUT2D eigenvalue weighted by molar-refractivity contribution is 6.32. The number of nitrogens with one attached hydrogen (secondary N) is 1. The molecular formula is C20H16ClN3O7. The SMILES string of the molecule is CCOC(=O)COc1c(/C=C2/C(=O)NN(c3ccccc3)C2=O)cc(Cl)cc1[N+](=O)[O-]. The van der Waals surface area contributed by atoms with Crippen LogP contribution in [0.5, 0.6) is 5.75 Å². The number of hydrogen-bond donors (Lipinski definition) is 1. The third-order valence-corrected chi connectivity index (χ3v) is 4.32. The average molecular weight is 446 g/mol. The van der Waals surface area contributed by atoms with Crippen LogP contribution >= 0.6 is 11.6 Å². The number of hydrazine groups is 1. The third kappa shape index (κ3) is 4.81. The average Bonchev–Trinajstić information content (AvgIpc) is 3.01. The van der Waals surface area contributed by atoms with Crippen LogP contribution in [0.4, 0.5) is 11.4 Å². The number of rotatable bonds is 7. The Morgan fingerprint density at radius 1 is 1.26 bits per heavy atom. The number of nitrogens with zero attached hydrogens (tertiary/aromatic N) is 2.